The molecule has 0 aromatic heterocycles. The Balaban J connectivity index is 2.12. The summed E-state index contributed by atoms with van der Waals surface area (Å²) in [4.78, 5) is 12.0. The van der Waals surface area contributed by atoms with Crippen molar-refractivity contribution in [3.63, 3.8) is 0 Å². The number of amides is 1. The van der Waals surface area contributed by atoms with Crippen LogP contribution in [0.15, 0.2) is 59.7 Å². The molecule has 108 valence electrons. The minimum atomic E-state index is -0.292. The fraction of sp³-hybridized carbons (Fsp3) is 0.176. The number of rotatable bonds is 5. The number of hydrazone groups is 1. The van der Waals surface area contributed by atoms with Crippen molar-refractivity contribution in [2.45, 2.75) is 19.8 Å². The van der Waals surface area contributed by atoms with Gasteiger partial charge in [0, 0.05) is 5.56 Å². The number of phenols is 1. The molecule has 0 unspecified atom stereocenters. The summed E-state index contributed by atoms with van der Waals surface area (Å²) >= 11 is 0. The van der Waals surface area contributed by atoms with E-state index in [4.69, 9.17) is 0 Å². The molecule has 0 aliphatic rings. The van der Waals surface area contributed by atoms with Crippen LogP contribution in [-0.4, -0.2) is 16.7 Å². The first-order chi connectivity index (χ1) is 10.2. The Hall–Kier alpha value is -2.62. The van der Waals surface area contributed by atoms with E-state index in [1.165, 1.54) is 12.1 Å². The van der Waals surface area contributed by atoms with Crippen LogP contribution < -0.4 is 5.43 Å². The van der Waals surface area contributed by atoms with Crippen LogP contribution >= 0.6 is 0 Å². The number of benzene rings is 2. The maximum absolute atomic E-state index is 12.0. The van der Waals surface area contributed by atoms with Gasteiger partial charge in [-0.3, -0.25) is 4.79 Å². The quantitative estimate of drug-likeness (QED) is 0.652. The van der Waals surface area contributed by atoms with Gasteiger partial charge in [0.05, 0.1) is 5.71 Å². The summed E-state index contributed by atoms with van der Waals surface area (Å²) in [5.41, 5.74) is 4.88. The zero-order valence-corrected chi connectivity index (χ0v) is 11.9. The van der Waals surface area contributed by atoms with Crippen molar-refractivity contribution in [1.29, 1.82) is 0 Å². The van der Waals surface area contributed by atoms with E-state index in [0.29, 0.717) is 5.56 Å². The van der Waals surface area contributed by atoms with E-state index in [1.807, 2.05) is 30.3 Å². The maximum atomic E-state index is 12.0. The molecule has 4 nitrogen and oxygen atoms in total. The van der Waals surface area contributed by atoms with Crippen molar-refractivity contribution in [1.82, 2.24) is 5.43 Å². The molecule has 0 aliphatic carbocycles. The molecule has 2 aromatic carbocycles. The summed E-state index contributed by atoms with van der Waals surface area (Å²) in [5.74, 6) is -0.162. The normalized spacial score (nSPS) is 11.2. The van der Waals surface area contributed by atoms with Crippen LogP contribution in [0.4, 0.5) is 0 Å². The van der Waals surface area contributed by atoms with Crippen molar-refractivity contribution in [2.75, 3.05) is 0 Å². The molecule has 4 heteroatoms. The summed E-state index contributed by atoms with van der Waals surface area (Å²) in [5, 5.41) is 13.5. The predicted molar refractivity (Wildman–Crippen MR) is 83.5 cm³/mol. The fourth-order valence-corrected chi connectivity index (χ4v) is 1.93. The lowest BCUT2D eigenvalue weighted by molar-refractivity contribution is 0.0955. The smallest absolute Gasteiger partial charge is 0.271 e. The molecule has 2 N–H and O–H groups in total. The zero-order valence-electron chi connectivity index (χ0n) is 11.9. The molecule has 0 radical (unpaired) electrons. The lowest BCUT2D eigenvalue weighted by atomic mass is 10.1. The largest absolute Gasteiger partial charge is 0.508 e. The van der Waals surface area contributed by atoms with Crippen LogP contribution in [0.5, 0.6) is 5.75 Å². The van der Waals surface area contributed by atoms with Gasteiger partial charge >= 0.3 is 0 Å². The molecule has 0 atom stereocenters. The minimum Gasteiger partial charge on any atom is -0.508 e. The van der Waals surface area contributed by atoms with Gasteiger partial charge in [-0.15, -0.1) is 0 Å². The topological polar surface area (TPSA) is 61.7 Å². The highest BCUT2D eigenvalue weighted by molar-refractivity contribution is 6.02. The molecule has 0 spiro atoms. The van der Waals surface area contributed by atoms with Crippen molar-refractivity contribution < 1.29 is 9.90 Å². The standard InChI is InChI=1S/C17H18N2O2/c1-2-6-16(13-7-4-3-5-8-13)18-19-17(21)14-9-11-15(20)12-10-14/h3-5,7-12,20H,2,6H2,1H3,(H,19,21)/b18-16-. The van der Waals surface area contributed by atoms with Crippen molar-refractivity contribution in [3.05, 3.63) is 65.7 Å². The van der Waals surface area contributed by atoms with Gasteiger partial charge in [-0.25, -0.2) is 5.43 Å². The molecule has 2 aromatic rings. The Morgan fingerprint density at radius 2 is 1.71 bits per heavy atom. The molecule has 0 fully saturated rings. The molecule has 21 heavy (non-hydrogen) atoms. The van der Waals surface area contributed by atoms with E-state index >= 15 is 0 Å². The summed E-state index contributed by atoms with van der Waals surface area (Å²) in [6.07, 6.45) is 1.74. The van der Waals surface area contributed by atoms with Crippen molar-refractivity contribution in [3.8, 4) is 5.75 Å². The van der Waals surface area contributed by atoms with Gasteiger partial charge in [-0.05, 0) is 36.2 Å². The average Bonchev–Trinajstić information content (AvgIpc) is 2.52. The van der Waals surface area contributed by atoms with E-state index in [0.717, 1.165) is 24.1 Å². The van der Waals surface area contributed by atoms with Gasteiger partial charge in [0.2, 0.25) is 0 Å². The fourth-order valence-electron chi connectivity index (χ4n) is 1.93. The average molecular weight is 282 g/mol. The Morgan fingerprint density at radius 3 is 2.33 bits per heavy atom. The first-order valence-corrected chi connectivity index (χ1v) is 6.92. The predicted octanol–water partition coefficient (Wildman–Crippen LogP) is 3.33. The Kier molecular flexibility index (Phi) is 5.10. The highest BCUT2D eigenvalue weighted by Crippen LogP contribution is 2.10. The molecule has 0 heterocycles. The number of hydrogen-bond donors (Lipinski definition) is 2. The molecule has 0 aliphatic heterocycles. The van der Waals surface area contributed by atoms with Gasteiger partial charge in [0.25, 0.3) is 5.91 Å². The molecule has 1 amide bonds. The summed E-state index contributed by atoms with van der Waals surface area (Å²) in [6, 6.07) is 15.9. The Bertz CT molecular complexity index is 619. The van der Waals surface area contributed by atoms with E-state index in [9.17, 15) is 9.90 Å². The van der Waals surface area contributed by atoms with Crippen LogP contribution in [0.3, 0.4) is 0 Å². The lowest BCUT2D eigenvalue weighted by Crippen LogP contribution is -2.20. The number of nitrogens with one attached hydrogen (secondary N) is 1. The van der Waals surface area contributed by atoms with Gasteiger partial charge < -0.3 is 5.11 Å². The number of phenolic OH excluding ortho intramolecular Hbond substituents is 1. The van der Waals surface area contributed by atoms with Crippen LogP contribution in [-0.2, 0) is 0 Å². The van der Waals surface area contributed by atoms with E-state index < -0.39 is 0 Å². The lowest BCUT2D eigenvalue weighted by Gasteiger charge is -2.06. The van der Waals surface area contributed by atoms with E-state index in [2.05, 4.69) is 17.5 Å². The molecule has 2 rings (SSSR count). The van der Waals surface area contributed by atoms with Crippen LogP contribution in [0.2, 0.25) is 0 Å². The molecule has 0 bridgehead atoms. The first kappa shape index (κ1) is 14.8. The Labute approximate surface area is 124 Å². The third kappa shape index (κ3) is 4.18. The highest BCUT2D eigenvalue weighted by atomic mass is 16.3. The van der Waals surface area contributed by atoms with Crippen molar-refractivity contribution in [2.24, 2.45) is 5.10 Å². The molecular formula is C17H18N2O2. The highest BCUT2D eigenvalue weighted by Gasteiger charge is 2.06. The second-order valence-corrected chi connectivity index (χ2v) is 4.66. The Morgan fingerprint density at radius 1 is 1.05 bits per heavy atom. The van der Waals surface area contributed by atoms with E-state index in [1.54, 1.807) is 12.1 Å². The van der Waals surface area contributed by atoms with Crippen LogP contribution in [0.25, 0.3) is 0 Å². The first-order valence-electron chi connectivity index (χ1n) is 6.92. The summed E-state index contributed by atoms with van der Waals surface area (Å²) < 4.78 is 0. The molecular weight excluding hydrogens is 264 g/mol. The molecule has 0 saturated heterocycles. The second kappa shape index (κ2) is 7.24. The second-order valence-electron chi connectivity index (χ2n) is 4.66. The molecule has 0 saturated carbocycles. The van der Waals surface area contributed by atoms with Crippen LogP contribution in [0, 0.1) is 0 Å². The van der Waals surface area contributed by atoms with E-state index in [-0.39, 0.29) is 11.7 Å². The summed E-state index contributed by atoms with van der Waals surface area (Å²) in [6.45, 7) is 2.07. The monoisotopic (exact) mass is 282 g/mol. The van der Waals surface area contributed by atoms with Crippen molar-refractivity contribution >= 4 is 11.6 Å². The van der Waals surface area contributed by atoms with Gasteiger partial charge in [-0.1, -0.05) is 43.7 Å². The minimum absolute atomic E-state index is 0.131. The summed E-state index contributed by atoms with van der Waals surface area (Å²) in [7, 11) is 0. The number of aromatic hydroxyl groups is 1. The van der Waals surface area contributed by atoms with Gasteiger partial charge in [0.15, 0.2) is 0 Å². The zero-order chi connectivity index (χ0) is 15.1. The number of nitrogens with zero attached hydrogens (tertiary/aromatic N) is 1. The number of carbonyl (C=O) groups excluding carboxylic acids is 1. The van der Waals surface area contributed by atoms with Crippen LogP contribution in [0.1, 0.15) is 35.7 Å². The SMILES string of the molecule is CCC/C(=N/NC(=O)c1ccc(O)cc1)c1ccccc1. The third-order valence-electron chi connectivity index (χ3n) is 3.02. The van der Waals surface area contributed by atoms with Gasteiger partial charge in [-0.2, -0.15) is 5.10 Å². The van der Waals surface area contributed by atoms with Gasteiger partial charge in [0.1, 0.15) is 5.75 Å². The third-order valence-corrected chi connectivity index (χ3v) is 3.02. The number of carbonyl (C=O) groups is 1. The maximum Gasteiger partial charge on any atom is 0.271 e. The number of hydrogen-bond acceptors (Lipinski definition) is 3.